The number of carbonyl (C=O) groups is 1. The van der Waals surface area contributed by atoms with Gasteiger partial charge in [0, 0.05) is 6.54 Å². The number of carbonyl (C=O) groups excluding carboxylic acids is 1. The average Bonchev–Trinajstić information content (AvgIpc) is 2.62. The molecule has 26 heavy (non-hydrogen) atoms. The summed E-state index contributed by atoms with van der Waals surface area (Å²) < 4.78 is 1.50. The molecule has 1 atom stereocenters. The number of thioether (sulfide) groups is 1. The van der Waals surface area contributed by atoms with E-state index in [0.717, 1.165) is 0 Å². The number of nitrogens with zero attached hydrogens (tertiary/aromatic N) is 3. The van der Waals surface area contributed by atoms with Crippen LogP contribution in [0.3, 0.4) is 0 Å². The van der Waals surface area contributed by atoms with Gasteiger partial charge in [-0.15, -0.1) is 6.58 Å². The fourth-order valence-corrected chi connectivity index (χ4v) is 3.11. The van der Waals surface area contributed by atoms with Crippen LogP contribution in [0.5, 0.6) is 0 Å². The number of aromatic nitrogens is 2. The molecule has 0 saturated heterocycles. The summed E-state index contributed by atoms with van der Waals surface area (Å²) in [5.74, 6) is -0.245. The molecule has 1 amide bonds. The van der Waals surface area contributed by atoms with Crippen LogP contribution in [0.4, 0.5) is 0 Å². The van der Waals surface area contributed by atoms with Gasteiger partial charge in [0.25, 0.3) is 5.56 Å². The number of hydrogen-bond donors (Lipinski definition) is 1. The van der Waals surface area contributed by atoms with Gasteiger partial charge in [-0.05, 0) is 25.0 Å². The number of amides is 1. The third kappa shape index (κ3) is 4.14. The molecule has 0 spiro atoms. The minimum absolute atomic E-state index is 0.0285. The van der Waals surface area contributed by atoms with E-state index in [1.165, 1.54) is 16.3 Å². The van der Waals surface area contributed by atoms with Gasteiger partial charge in [-0.25, -0.2) is 4.98 Å². The van der Waals surface area contributed by atoms with Crippen LogP contribution in [0.25, 0.3) is 10.9 Å². The van der Waals surface area contributed by atoms with Gasteiger partial charge in [0.15, 0.2) is 5.16 Å². The third-order valence-corrected chi connectivity index (χ3v) is 5.23. The van der Waals surface area contributed by atoms with Gasteiger partial charge in [-0.3, -0.25) is 14.2 Å². The van der Waals surface area contributed by atoms with E-state index < -0.39 is 5.54 Å². The number of allylic oxidation sites excluding steroid dienone is 1. The molecular formula is C19H22N4O2S. The molecule has 0 aliphatic rings. The first-order chi connectivity index (χ1) is 12.3. The second-order valence-corrected chi connectivity index (χ2v) is 7.36. The molecule has 0 saturated carbocycles. The van der Waals surface area contributed by atoms with E-state index in [0.29, 0.717) is 22.6 Å². The summed E-state index contributed by atoms with van der Waals surface area (Å²) >= 11 is 1.17. The molecule has 6 nitrogen and oxygen atoms in total. The molecule has 0 aliphatic heterocycles. The number of nitrogens with one attached hydrogen (secondary N) is 1. The van der Waals surface area contributed by atoms with Gasteiger partial charge < -0.3 is 5.32 Å². The van der Waals surface area contributed by atoms with Crippen molar-refractivity contribution in [2.24, 2.45) is 5.92 Å². The Balaban J connectivity index is 2.26. The molecule has 1 aromatic carbocycles. The molecule has 136 valence electrons. The summed E-state index contributed by atoms with van der Waals surface area (Å²) in [6.45, 7) is 9.44. The third-order valence-electron chi connectivity index (χ3n) is 4.26. The molecular weight excluding hydrogens is 348 g/mol. The van der Waals surface area contributed by atoms with Crippen molar-refractivity contribution in [2.75, 3.05) is 5.75 Å². The van der Waals surface area contributed by atoms with Crippen molar-refractivity contribution >= 4 is 28.6 Å². The maximum Gasteiger partial charge on any atom is 0.262 e. The van der Waals surface area contributed by atoms with Gasteiger partial charge in [0.1, 0.15) is 5.54 Å². The van der Waals surface area contributed by atoms with Crippen LogP contribution in [-0.2, 0) is 11.3 Å². The van der Waals surface area contributed by atoms with Crippen molar-refractivity contribution in [1.29, 1.82) is 5.26 Å². The van der Waals surface area contributed by atoms with Crippen LogP contribution in [0, 0.1) is 17.2 Å². The second-order valence-electron chi connectivity index (χ2n) is 6.42. The largest absolute Gasteiger partial charge is 0.337 e. The van der Waals surface area contributed by atoms with Gasteiger partial charge in [-0.2, -0.15) is 5.26 Å². The van der Waals surface area contributed by atoms with Crippen LogP contribution in [0.1, 0.15) is 20.8 Å². The van der Waals surface area contributed by atoms with Crippen molar-refractivity contribution in [2.45, 2.75) is 38.0 Å². The Bertz CT molecular complexity index is 929. The SMILES string of the molecule is C=CCn1c(SCC(=O)N[C@](C)(C#N)C(C)C)nc2ccccc2c1=O. The molecule has 0 unspecified atom stereocenters. The molecule has 0 radical (unpaired) electrons. The Hall–Kier alpha value is -2.59. The summed E-state index contributed by atoms with van der Waals surface area (Å²) in [7, 11) is 0. The first-order valence-electron chi connectivity index (χ1n) is 8.28. The predicted molar refractivity (Wildman–Crippen MR) is 104 cm³/mol. The number of nitriles is 1. The van der Waals surface area contributed by atoms with E-state index in [4.69, 9.17) is 0 Å². The lowest BCUT2D eigenvalue weighted by molar-refractivity contribution is -0.120. The fraction of sp³-hybridized carbons (Fsp3) is 0.368. The molecule has 7 heteroatoms. The number of rotatable bonds is 7. The second kappa shape index (κ2) is 8.19. The summed E-state index contributed by atoms with van der Waals surface area (Å²) in [6, 6.07) is 9.25. The molecule has 0 aliphatic carbocycles. The maximum atomic E-state index is 12.7. The Kier molecular flexibility index (Phi) is 6.22. The Morgan fingerprint density at radius 2 is 2.19 bits per heavy atom. The number of hydrogen-bond acceptors (Lipinski definition) is 5. The van der Waals surface area contributed by atoms with Crippen LogP contribution in [0.15, 0.2) is 46.9 Å². The smallest absolute Gasteiger partial charge is 0.262 e. The van der Waals surface area contributed by atoms with Gasteiger partial charge in [0.05, 0.1) is 22.7 Å². The number of para-hydroxylation sites is 1. The van der Waals surface area contributed by atoms with Crippen LogP contribution in [-0.4, -0.2) is 26.8 Å². The molecule has 2 rings (SSSR count). The van der Waals surface area contributed by atoms with Gasteiger partial charge >= 0.3 is 0 Å². The zero-order chi connectivity index (χ0) is 19.3. The van der Waals surface area contributed by atoms with E-state index in [1.54, 1.807) is 31.2 Å². The van der Waals surface area contributed by atoms with Crippen molar-refractivity contribution in [3.05, 3.63) is 47.3 Å². The first kappa shape index (κ1) is 19.7. The van der Waals surface area contributed by atoms with Crippen molar-refractivity contribution < 1.29 is 4.79 Å². The quantitative estimate of drug-likeness (QED) is 0.460. The highest BCUT2D eigenvalue weighted by molar-refractivity contribution is 7.99. The zero-order valence-electron chi connectivity index (χ0n) is 15.2. The van der Waals surface area contributed by atoms with Gasteiger partial charge in [0.2, 0.25) is 5.91 Å². The van der Waals surface area contributed by atoms with E-state index in [9.17, 15) is 14.9 Å². The van der Waals surface area contributed by atoms with Crippen molar-refractivity contribution in [3.63, 3.8) is 0 Å². The highest BCUT2D eigenvalue weighted by Gasteiger charge is 2.30. The Morgan fingerprint density at radius 1 is 1.50 bits per heavy atom. The van der Waals surface area contributed by atoms with Gasteiger partial charge in [-0.1, -0.05) is 43.8 Å². The maximum absolute atomic E-state index is 12.7. The highest BCUT2D eigenvalue weighted by Crippen LogP contribution is 2.19. The minimum Gasteiger partial charge on any atom is -0.337 e. The van der Waals surface area contributed by atoms with E-state index in [2.05, 4.69) is 22.9 Å². The minimum atomic E-state index is -0.935. The highest BCUT2D eigenvalue weighted by atomic mass is 32.2. The summed E-state index contributed by atoms with van der Waals surface area (Å²) in [4.78, 5) is 29.5. The molecule has 1 heterocycles. The van der Waals surface area contributed by atoms with Crippen LogP contribution in [0.2, 0.25) is 0 Å². The summed E-state index contributed by atoms with van der Waals surface area (Å²) in [5.41, 5.74) is -0.512. The lowest BCUT2D eigenvalue weighted by Crippen LogP contribution is -2.49. The van der Waals surface area contributed by atoms with E-state index >= 15 is 0 Å². The number of fused-ring (bicyclic) bond motifs is 1. The lowest BCUT2D eigenvalue weighted by Gasteiger charge is -2.27. The molecule has 1 N–H and O–H groups in total. The predicted octanol–water partition coefficient (Wildman–Crippen LogP) is 2.73. The normalized spacial score (nSPS) is 13.2. The Morgan fingerprint density at radius 3 is 2.81 bits per heavy atom. The van der Waals surface area contributed by atoms with Crippen molar-refractivity contribution in [3.8, 4) is 6.07 Å². The van der Waals surface area contributed by atoms with E-state index in [-0.39, 0.29) is 23.1 Å². The standard InChI is InChI=1S/C19H22N4O2S/c1-5-10-23-17(25)14-8-6-7-9-15(14)21-18(23)26-11-16(24)22-19(4,12-20)13(2)3/h5-9,13H,1,10-11H2,2-4H3,(H,22,24)/t19-/m1/s1. The van der Waals surface area contributed by atoms with Crippen LogP contribution < -0.4 is 10.9 Å². The first-order valence-corrected chi connectivity index (χ1v) is 9.26. The Labute approximate surface area is 156 Å². The monoisotopic (exact) mass is 370 g/mol. The fourth-order valence-electron chi connectivity index (χ4n) is 2.31. The average molecular weight is 370 g/mol. The van der Waals surface area contributed by atoms with Crippen LogP contribution >= 0.6 is 11.8 Å². The summed E-state index contributed by atoms with van der Waals surface area (Å²) in [5, 5.41) is 13.1. The topological polar surface area (TPSA) is 87.8 Å². The number of benzene rings is 1. The molecule has 1 aromatic heterocycles. The van der Waals surface area contributed by atoms with Crippen molar-refractivity contribution in [1.82, 2.24) is 14.9 Å². The molecule has 2 aromatic rings. The summed E-state index contributed by atoms with van der Waals surface area (Å²) in [6.07, 6.45) is 1.62. The lowest BCUT2D eigenvalue weighted by atomic mass is 9.90. The zero-order valence-corrected chi connectivity index (χ0v) is 16.0. The molecule has 0 fully saturated rings. The molecule has 0 bridgehead atoms. The van der Waals surface area contributed by atoms with E-state index in [1.807, 2.05) is 19.9 Å².